The van der Waals surface area contributed by atoms with E-state index in [0.717, 1.165) is 51.2 Å². The molecular formula is C60H54F6N12O4S4. The molecule has 444 valence electrons. The van der Waals surface area contributed by atoms with Crippen molar-refractivity contribution in [1.82, 2.24) is 34.8 Å². The Kier molecular flexibility index (Phi) is 21.4. The van der Waals surface area contributed by atoms with Crippen molar-refractivity contribution in [1.29, 1.82) is 5.41 Å². The van der Waals surface area contributed by atoms with Crippen LogP contribution in [0.15, 0.2) is 168 Å². The number of nitrogens with zero attached hydrogens (tertiary/aromatic N) is 10. The number of para-hydroxylation sites is 2. The summed E-state index contributed by atoms with van der Waals surface area (Å²) in [7, 11) is 0. The van der Waals surface area contributed by atoms with Crippen molar-refractivity contribution in [2.45, 2.75) is 65.1 Å². The third kappa shape index (κ3) is 17.5. The van der Waals surface area contributed by atoms with E-state index in [1.54, 1.807) is 4.90 Å². The molecule has 16 nitrogen and oxygen atoms in total. The zero-order chi connectivity index (χ0) is 61.5. The molecular weight excluding hydrogens is 1190 g/mol. The fourth-order valence-electron chi connectivity index (χ4n) is 8.61. The lowest BCUT2D eigenvalue weighted by Crippen LogP contribution is -2.32. The van der Waals surface area contributed by atoms with E-state index in [0.29, 0.717) is 75.4 Å². The van der Waals surface area contributed by atoms with Gasteiger partial charge in [0.15, 0.2) is 27.1 Å². The zero-order valence-corrected chi connectivity index (χ0v) is 49.7. The summed E-state index contributed by atoms with van der Waals surface area (Å²) in [5, 5.41) is 23.3. The second kappa shape index (κ2) is 29.0. The standard InChI is InChI=1S/C30H27F3N6O2S2.C18H13F3N4OS.C12H14N2OS/c1-19(2)24-5-3-4-6-25(24)39-26(40)17-43-29(39)36-28(42)34-16-15-20-7-9-21(10-8-20)27-35-18-38(37-27)22-11-13-23(14-12-22)41-30(31,32)33;19-18(20,21)26-16-7-5-15(6-8-16)25-11-23-17(24-25)14-3-1-13(2-4-14)9-10-22-12-27;1-8(2)9-5-3-4-6-10(9)14-11(15)7-16-12(14)13/h3-14,18-19H,15-17H2,1-2H3,(H,34,42);1-8,11H,9-10H2;3-6,8,13H,7H2,1-2H3. The number of rotatable bonds is 16. The Balaban J connectivity index is 0.000000189. The van der Waals surface area contributed by atoms with E-state index in [4.69, 9.17) is 17.6 Å². The van der Waals surface area contributed by atoms with Crippen LogP contribution in [0.2, 0.25) is 0 Å². The van der Waals surface area contributed by atoms with Gasteiger partial charge < -0.3 is 14.8 Å². The first-order valence-corrected chi connectivity index (χ1v) is 29.2. The molecule has 2 aliphatic heterocycles. The molecule has 2 fully saturated rings. The summed E-state index contributed by atoms with van der Waals surface area (Å²) in [6, 6.07) is 41.9. The number of benzene rings is 6. The number of aromatic nitrogens is 6. The quantitative estimate of drug-likeness (QED) is 0.0530. The van der Waals surface area contributed by atoms with Gasteiger partial charge in [0.1, 0.15) is 24.2 Å². The van der Waals surface area contributed by atoms with Gasteiger partial charge in [-0.2, -0.15) is 4.99 Å². The molecule has 0 unspecified atom stereocenters. The van der Waals surface area contributed by atoms with Crippen LogP contribution in [0.5, 0.6) is 11.5 Å². The van der Waals surface area contributed by atoms with Gasteiger partial charge in [-0.05, 0) is 132 Å². The van der Waals surface area contributed by atoms with E-state index >= 15 is 0 Å². The molecule has 4 heterocycles. The lowest BCUT2D eigenvalue weighted by molar-refractivity contribution is -0.275. The van der Waals surface area contributed by atoms with Crippen LogP contribution < -0.4 is 24.6 Å². The fourth-order valence-corrected chi connectivity index (χ4v) is 10.5. The lowest BCUT2D eigenvalue weighted by atomic mass is 10.0. The van der Waals surface area contributed by atoms with Gasteiger partial charge in [0.05, 0.1) is 46.0 Å². The van der Waals surface area contributed by atoms with E-state index in [1.807, 2.05) is 97.1 Å². The van der Waals surface area contributed by atoms with Gasteiger partial charge in [-0.15, -0.1) is 36.5 Å². The average molecular weight is 1250 g/mol. The minimum absolute atomic E-state index is 0.00287. The Labute approximate surface area is 510 Å². The number of hydrogen-bond acceptors (Lipinski definition) is 14. The Morgan fingerprint density at radius 1 is 0.640 bits per heavy atom. The van der Waals surface area contributed by atoms with E-state index in [-0.39, 0.29) is 29.2 Å². The Hall–Kier alpha value is -8.55. The maximum absolute atomic E-state index is 12.7. The highest BCUT2D eigenvalue weighted by Gasteiger charge is 2.34. The number of carbonyl (C=O) groups is 2. The molecule has 0 spiro atoms. The predicted molar refractivity (Wildman–Crippen MR) is 331 cm³/mol. The topological polar surface area (TPSA) is 181 Å². The molecule has 2 N–H and O–H groups in total. The number of anilines is 2. The molecule has 0 bridgehead atoms. The molecule has 26 heteroatoms. The van der Waals surface area contributed by atoms with Crippen molar-refractivity contribution in [3.8, 4) is 45.6 Å². The Bertz CT molecular complexity index is 3720. The molecule has 0 saturated carbocycles. The summed E-state index contributed by atoms with van der Waals surface area (Å²) in [5.41, 5.74) is 8.77. The summed E-state index contributed by atoms with van der Waals surface area (Å²) in [5.74, 6) is 1.66. The molecule has 2 amide bonds. The first kappa shape index (κ1) is 63.5. The smallest absolute Gasteiger partial charge is 0.406 e. The number of thiocarbonyl (C=S) groups is 2. The number of nitrogens with one attached hydrogen (secondary N) is 2. The first-order chi connectivity index (χ1) is 41.1. The second-order valence-electron chi connectivity index (χ2n) is 19.4. The van der Waals surface area contributed by atoms with Gasteiger partial charge in [0.2, 0.25) is 11.8 Å². The van der Waals surface area contributed by atoms with Crippen LogP contribution in [-0.2, 0) is 22.4 Å². The summed E-state index contributed by atoms with van der Waals surface area (Å²) in [6.45, 7) is 9.51. The minimum atomic E-state index is -4.75. The third-order valence-corrected chi connectivity index (χ3v) is 14.8. The highest BCUT2D eigenvalue weighted by molar-refractivity contribution is 8.15. The number of ether oxygens (including phenoxy) is 2. The van der Waals surface area contributed by atoms with E-state index in [1.165, 1.54) is 99.0 Å². The number of amides is 2. The number of halogens is 6. The van der Waals surface area contributed by atoms with Gasteiger partial charge in [-0.3, -0.25) is 24.8 Å². The maximum atomic E-state index is 12.7. The van der Waals surface area contributed by atoms with Crippen LogP contribution >= 0.6 is 48.0 Å². The highest BCUT2D eigenvalue weighted by atomic mass is 32.2. The summed E-state index contributed by atoms with van der Waals surface area (Å²) < 4.78 is 84.5. The van der Waals surface area contributed by atoms with Crippen molar-refractivity contribution < 1.29 is 45.4 Å². The van der Waals surface area contributed by atoms with Crippen LogP contribution in [0, 0.1) is 5.41 Å². The van der Waals surface area contributed by atoms with Gasteiger partial charge in [0.25, 0.3) is 0 Å². The van der Waals surface area contributed by atoms with Crippen LogP contribution in [0.25, 0.3) is 34.2 Å². The van der Waals surface area contributed by atoms with Crippen LogP contribution in [-0.4, -0.2) is 99.3 Å². The van der Waals surface area contributed by atoms with E-state index in [2.05, 4.69) is 90.0 Å². The monoisotopic (exact) mass is 1250 g/mol. The van der Waals surface area contributed by atoms with Gasteiger partial charge in [-0.25, -0.2) is 24.3 Å². The van der Waals surface area contributed by atoms with Crippen LogP contribution in [0.4, 0.5) is 37.7 Å². The summed E-state index contributed by atoms with van der Waals surface area (Å²) >= 11 is 12.7. The molecule has 0 aliphatic carbocycles. The number of amidine groups is 2. The van der Waals surface area contributed by atoms with Gasteiger partial charge in [0, 0.05) is 17.7 Å². The number of aliphatic imine (C=N–C) groups is 2. The van der Waals surface area contributed by atoms with Crippen molar-refractivity contribution >= 4 is 91.8 Å². The second-order valence-corrected chi connectivity index (χ2v) is 21.8. The Morgan fingerprint density at radius 2 is 1.08 bits per heavy atom. The predicted octanol–water partition coefficient (Wildman–Crippen LogP) is 13.8. The van der Waals surface area contributed by atoms with Crippen LogP contribution in [0.3, 0.4) is 0 Å². The number of isothiocyanates is 1. The number of thioether (sulfide) groups is 2. The summed E-state index contributed by atoms with van der Waals surface area (Å²) in [4.78, 5) is 44.6. The van der Waals surface area contributed by atoms with Crippen molar-refractivity contribution in [3.05, 3.63) is 181 Å². The molecule has 86 heavy (non-hydrogen) atoms. The van der Waals surface area contributed by atoms with Gasteiger partial charge in [-0.1, -0.05) is 136 Å². The van der Waals surface area contributed by atoms with Crippen molar-refractivity contribution in [3.63, 3.8) is 0 Å². The third-order valence-electron chi connectivity index (χ3n) is 12.7. The normalized spacial score (nSPS) is 13.8. The molecule has 0 radical (unpaired) electrons. The first-order valence-electron chi connectivity index (χ1n) is 26.5. The lowest BCUT2D eigenvalue weighted by Gasteiger charge is -2.21. The van der Waals surface area contributed by atoms with Crippen molar-refractivity contribution in [2.75, 3.05) is 34.4 Å². The number of hydrogen-bond donors (Lipinski definition) is 2. The molecule has 2 saturated heterocycles. The molecule has 2 aromatic heterocycles. The summed E-state index contributed by atoms with van der Waals surface area (Å²) in [6.07, 6.45) is -5.03. The van der Waals surface area contributed by atoms with Crippen LogP contribution in [0.1, 0.15) is 61.8 Å². The molecule has 10 rings (SSSR count). The number of carbonyl (C=O) groups excluding carboxylic acids is 2. The molecule has 0 atom stereocenters. The average Bonchev–Trinajstić information content (AvgIpc) is 2.98. The van der Waals surface area contributed by atoms with Gasteiger partial charge >= 0.3 is 12.7 Å². The maximum Gasteiger partial charge on any atom is 0.573 e. The zero-order valence-electron chi connectivity index (χ0n) is 46.4. The highest BCUT2D eigenvalue weighted by Crippen LogP contribution is 2.35. The minimum Gasteiger partial charge on any atom is -0.406 e. The fraction of sp³-hybridized carbons (Fsp3) is 0.233. The molecule has 2 aliphatic rings. The van der Waals surface area contributed by atoms with E-state index in [9.17, 15) is 35.9 Å². The molecule has 6 aromatic carbocycles. The number of alkyl halides is 6. The SMILES string of the molecule is CC(C)c1ccccc1N1C(=N)SCC1=O.CC(C)c1ccccc1N1C(=O)CSC1=NC(=S)NCCc1ccc(-c2ncn(-c3ccc(OC(F)(F)F)cc3)n2)cc1.FC(F)(F)Oc1ccc(-n2cnc(-c3ccc(CCN=C=S)cc3)n2)cc1. The van der Waals surface area contributed by atoms with Crippen molar-refractivity contribution in [2.24, 2.45) is 9.98 Å². The molecule has 8 aromatic rings. The Morgan fingerprint density at radius 3 is 1.52 bits per heavy atom. The largest absolute Gasteiger partial charge is 0.573 e. The van der Waals surface area contributed by atoms with E-state index < -0.39 is 12.7 Å².